The van der Waals surface area contributed by atoms with Crippen molar-refractivity contribution in [2.24, 2.45) is 9.98 Å². The Morgan fingerprint density at radius 2 is 0.888 bits per heavy atom. The number of hydrogen-bond acceptors (Lipinski definition) is 8. The number of para-hydroxylation sites is 5. The Morgan fingerprint density at radius 3 is 1.55 bits per heavy atom. The van der Waals surface area contributed by atoms with Crippen LogP contribution in [0.5, 0.6) is 0 Å². The fraction of sp³-hybridized carbons (Fsp3) is 0.100. The number of benzene rings is 12. The number of aromatic nitrogens is 2. The maximum Gasteiger partial charge on any atom is 2.00 e. The molecule has 4 heterocycles. The third-order valence-electron chi connectivity index (χ3n) is 16.5. The van der Waals surface area contributed by atoms with Gasteiger partial charge < -0.3 is 8.83 Å². The minimum absolute atomic E-state index is 0. The van der Waals surface area contributed by atoms with Crippen LogP contribution in [-0.2, 0) is 31.9 Å². The van der Waals surface area contributed by atoms with Gasteiger partial charge in [0.25, 0.3) is 0 Å². The Bertz CT molecular complexity index is 5110. The monoisotopic (exact) mass is 1370 g/mol. The Kier molecular flexibility index (Phi) is 15.0. The summed E-state index contributed by atoms with van der Waals surface area (Å²) in [6, 6.07) is 86.6. The van der Waals surface area contributed by atoms with Crippen LogP contribution in [0.15, 0.2) is 249 Å². The van der Waals surface area contributed by atoms with Crippen LogP contribution in [0.2, 0.25) is 0 Å². The first-order chi connectivity index (χ1) is 42.9. The summed E-state index contributed by atoms with van der Waals surface area (Å²) in [7, 11) is 0. The SMILES string of the molecule is CC(C)(C)c1cc(-c2[c-]ccc3c2oc2ccccc23)c2nc(-c3ccccc3N=Cc3cccc4ccc[c-]c34)sc2c1.CC(C)(C)c1cc(-c2cccc3c2oc2ccccc23)c2nc(-c3ccccc3N=Cc3cccc4ccccc34)sc2c1.[Pt+2]. The molecule has 0 aliphatic heterocycles. The van der Waals surface area contributed by atoms with E-state index in [0.717, 1.165) is 141 Å². The van der Waals surface area contributed by atoms with Crippen molar-refractivity contribution in [2.75, 3.05) is 0 Å². The van der Waals surface area contributed by atoms with Crippen molar-refractivity contribution in [3.63, 3.8) is 0 Å². The molecule has 0 atom stereocenters. The molecule has 0 saturated heterocycles. The van der Waals surface area contributed by atoms with Crippen molar-refractivity contribution in [3.05, 3.63) is 265 Å². The van der Waals surface area contributed by atoms with Crippen LogP contribution in [0.1, 0.15) is 63.8 Å². The second-order valence-corrected chi connectivity index (χ2v) is 26.4. The van der Waals surface area contributed by atoms with E-state index in [0.29, 0.717) is 0 Å². The van der Waals surface area contributed by atoms with E-state index in [-0.39, 0.29) is 31.9 Å². The Hall–Kier alpha value is -9.43. The first-order valence-corrected chi connectivity index (χ1v) is 31.3. The van der Waals surface area contributed by atoms with Gasteiger partial charge in [0, 0.05) is 60.4 Å². The maximum atomic E-state index is 6.48. The molecule has 0 aliphatic carbocycles. The van der Waals surface area contributed by atoms with Gasteiger partial charge in [-0.25, -0.2) is 9.97 Å². The molecule has 0 fully saturated rings. The zero-order valence-electron chi connectivity index (χ0n) is 49.8. The van der Waals surface area contributed by atoms with Crippen LogP contribution in [0, 0.1) is 12.1 Å². The number of furan rings is 2. The zero-order valence-corrected chi connectivity index (χ0v) is 53.7. The van der Waals surface area contributed by atoms with Gasteiger partial charge in [0.2, 0.25) is 0 Å². The van der Waals surface area contributed by atoms with Gasteiger partial charge in [-0.1, -0.05) is 209 Å². The zero-order chi connectivity index (χ0) is 59.7. The molecule has 0 amide bonds. The summed E-state index contributed by atoms with van der Waals surface area (Å²) >= 11 is 3.43. The summed E-state index contributed by atoms with van der Waals surface area (Å²) in [6.45, 7) is 13.5. The maximum absolute atomic E-state index is 6.48. The Morgan fingerprint density at radius 1 is 0.404 bits per heavy atom. The van der Waals surface area contributed by atoms with Gasteiger partial charge in [0.05, 0.1) is 27.2 Å². The summed E-state index contributed by atoms with van der Waals surface area (Å²) in [5.41, 5.74) is 17.9. The van der Waals surface area contributed by atoms with E-state index in [9.17, 15) is 0 Å². The van der Waals surface area contributed by atoms with E-state index in [1.165, 1.54) is 21.9 Å². The Labute approximate surface area is 538 Å². The molecule has 432 valence electrons. The molecule has 6 nitrogen and oxygen atoms in total. The normalized spacial score (nSPS) is 12.2. The van der Waals surface area contributed by atoms with Crippen molar-refractivity contribution < 1.29 is 29.9 Å². The Balaban J connectivity index is 0.000000154. The molecule has 0 saturated carbocycles. The second kappa shape index (κ2) is 23.3. The van der Waals surface area contributed by atoms with Crippen LogP contribution in [0.4, 0.5) is 11.4 Å². The molecule has 0 N–H and O–H groups in total. The molecular weight excluding hydrogens is 1310 g/mol. The van der Waals surface area contributed by atoms with Gasteiger partial charge in [0.1, 0.15) is 26.8 Å². The van der Waals surface area contributed by atoms with Crippen molar-refractivity contribution in [1.82, 2.24) is 9.97 Å². The van der Waals surface area contributed by atoms with Crippen LogP contribution in [-0.4, -0.2) is 22.4 Å². The first-order valence-electron chi connectivity index (χ1n) is 29.7. The first kappa shape index (κ1) is 57.3. The van der Waals surface area contributed by atoms with Crippen LogP contribution in [0.25, 0.3) is 129 Å². The third-order valence-corrected chi connectivity index (χ3v) is 18.6. The van der Waals surface area contributed by atoms with E-state index in [4.69, 9.17) is 28.8 Å². The van der Waals surface area contributed by atoms with Crippen LogP contribution >= 0.6 is 22.7 Å². The average molecular weight is 1370 g/mol. The van der Waals surface area contributed by atoms with Crippen molar-refractivity contribution in [3.8, 4) is 43.4 Å². The molecule has 4 aromatic heterocycles. The van der Waals surface area contributed by atoms with Crippen LogP contribution < -0.4 is 0 Å². The van der Waals surface area contributed by atoms with Crippen molar-refractivity contribution in [2.45, 2.75) is 52.4 Å². The largest absolute Gasteiger partial charge is 2.00 e. The smallest absolute Gasteiger partial charge is 0.501 e. The van der Waals surface area contributed by atoms with E-state index in [1.807, 2.05) is 67.0 Å². The van der Waals surface area contributed by atoms with Gasteiger partial charge in [-0.3, -0.25) is 9.98 Å². The second-order valence-electron chi connectivity index (χ2n) is 24.4. The standard InChI is InChI=1S/C40H30N2OS.C40H28N2OS.Pt/c2*1-40(2,3)27-22-33(31-19-11-18-30-29-16-7-9-21-35(29)43-38(30)31)37-36(23-27)44-39(42-37)32-17-6-8-20-34(32)41-24-26-14-10-13-25-12-4-5-15-28(25)26;/h4-24H,1-3H3;4-14,16-18,20-24H,1-3H3;/q;-2;+2. The van der Waals surface area contributed by atoms with E-state index in [2.05, 4.69) is 230 Å². The van der Waals surface area contributed by atoms with E-state index >= 15 is 0 Å². The number of thiazole rings is 2. The molecule has 0 spiro atoms. The number of hydrogen-bond donors (Lipinski definition) is 0. The van der Waals surface area contributed by atoms with Crippen molar-refractivity contribution >= 4 is 132 Å². The fourth-order valence-corrected chi connectivity index (χ4v) is 14.0. The predicted octanol–water partition coefficient (Wildman–Crippen LogP) is 23.1. The topological polar surface area (TPSA) is 76.8 Å². The van der Waals surface area contributed by atoms with Gasteiger partial charge in [-0.2, -0.15) is 0 Å². The average Bonchev–Trinajstić information content (AvgIpc) is 1.74. The number of nitrogens with zero attached hydrogens (tertiary/aromatic N) is 4. The minimum atomic E-state index is -0.0491. The van der Waals surface area contributed by atoms with Gasteiger partial charge in [0.15, 0.2) is 0 Å². The number of aliphatic imine (C=N–C) groups is 2. The quantitative estimate of drug-likeness (QED) is 0.112. The summed E-state index contributed by atoms with van der Waals surface area (Å²) in [4.78, 5) is 20.6. The summed E-state index contributed by atoms with van der Waals surface area (Å²) in [5.74, 6) is 0. The van der Waals surface area contributed by atoms with Gasteiger partial charge in [-0.15, -0.1) is 75.9 Å². The van der Waals surface area contributed by atoms with E-state index < -0.39 is 0 Å². The molecular formula is C80H58N4O2PtS2. The minimum Gasteiger partial charge on any atom is -0.501 e. The summed E-state index contributed by atoms with van der Waals surface area (Å²) < 4.78 is 15.2. The van der Waals surface area contributed by atoms with Gasteiger partial charge >= 0.3 is 21.1 Å². The number of fused-ring (bicyclic) bond motifs is 10. The fourth-order valence-electron chi connectivity index (χ4n) is 11.9. The molecule has 9 heteroatoms. The number of rotatable bonds is 8. The molecule has 0 unspecified atom stereocenters. The summed E-state index contributed by atoms with van der Waals surface area (Å²) in [5, 5.41) is 10.9. The molecule has 16 aromatic rings. The molecule has 0 radical (unpaired) electrons. The van der Waals surface area contributed by atoms with E-state index in [1.54, 1.807) is 22.7 Å². The molecule has 16 rings (SSSR count). The van der Waals surface area contributed by atoms with Gasteiger partial charge in [-0.05, 0) is 93.5 Å². The van der Waals surface area contributed by atoms with Crippen LogP contribution in [0.3, 0.4) is 0 Å². The molecule has 12 aromatic carbocycles. The predicted molar refractivity (Wildman–Crippen MR) is 373 cm³/mol. The third kappa shape index (κ3) is 10.8. The molecule has 0 bridgehead atoms. The summed E-state index contributed by atoms with van der Waals surface area (Å²) in [6.07, 6.45) is 3.91. The van der Waals surface area contributed by atoms with Crippen molar-refractivity contribution in [1.29, 1.82) is 0 Å². The molecule has 89 heavy (non-hydrogen) atoms. The molecule has 0 aliphatic rings.